The second kappa shape index (κ2) is 20.4. The van der Waals surface area contributed by atoms with Crippen molar-refractivity contribution < 1.29 is 15.1 Å². The number of unbranched alkanes of at least 4 members (excludes halogenated alkanes) is 2. The number of Topliss-reactive ketones (excluding diaryl/α,β-unsaturated/α-hetero) is 1. The monoisotopic (exact) mass is 245 g/mol. The van der Waals surface area contributed by atoms with Crippen molar-refractivity contribution in [1.82, 2.24) is 0 Å². The van der Waals surface area contributed by atoms with Crippen molar-refractivity contribution in [3.63, 3.8) is 0 Å². The van der Waals surface area contributed by atoms with Crippen LogP contribution in [0.3, 0.4) is 0 Å². The molecular weight excluding hydrogens is 218 g/mol. The molecule has 17 heavy (non-hydrogen) atoms. The van der Waals surface area contributed by atoms with Crippen LogP contribution >= 0.6 is 0 Å². The second-order valence-corrected chi connectivity index (χ2v) is 3.72. The Balaban J connectivity index is -0.000000244. The van der Waals surface area contributed by atoms with Gasteiger partial charge in [-0.3, -0.25) is 4.79 Å². The molecule has 0 aromatic rings. The van der Waals surface area contributed by atoms with E-state index in [0.29, 0.717) is 12.3 Å². The van der Waals surface area contributed by atoms with Gasteiger partial charge in [0, 0.05) is 12.8 Å². The number of nitrogens with zero attached hydrogens (tertiary/aromatic N) is 1. The van der Waals surface area contributed by atoms with Gasteiger partial charge in [0.25, 0.3) is 0 Å². The molecule has 0 spiro atoms. The van der Waals surface area contributed by atoms with E-state index in [1.807, 2.05) is 6.92 Å². The van der Waals surface area contributed by atoms with E-state index in [-0.39, 0.29) is 5.48 Å². The molecule has 0 fully saturated rings. The first-order valence-corrected chi connectivity index (χ1v) is 6.28. The minimum atomic E-state index is 0. The van der Waals surface area contributed by atoms with E-state index in [1.54, 1.807) is 0 Å². The normalized spacial score (nSPS) is 8.18. The molecule has 2 N–H and O–H groups in total. The average molecular weight is 245 g/mol. The summed E-state index contributed by atoms with van der Waals surface area (Å²) < 4.78 is 0. The number of hydrogen-bond acceptors (Lipinski definition) is 3. The van der Waals surface area contributed by atoms with E-state index in [1.165, 1.54) is 6.08 Å². The summed E-state index contributed by atoms with van der Waals surface area (Å²) in [5.41, 5.74) is 0. The van der Waals surface area contributed by atoms with Crippen LogP contribution in [0.15, 0.2) is 4.99 Å². The van der Waals surface area contributed by atoms with E-state index in [0.717, 1.165) is 44.9 Å². The smallest absolute Gasteiger partial charge is 0.234 e. The summed E-state index contributed by atoms with van der Waals surface area (Å²) in [6.45, 7) is 6.81. The number of rotatable bonds is 8. The third-order valence-corrected chi connectivity index (χ3v) is 2.02. The van der Waals surface area contributed by atoms with Crippen LogP contribution < -0.4 is 0 Å². The number of carbonyl (C=O) groups is 1. The Morgan fingerprint density at radius 1 is 1.00 bits per heavy atom. The Bertz CT molecular complexity index is 189. The molecule has 0 aromatic carbocycles. The maximum atomic E-state index is 11.0. The summed E-state index contributed by atoms with van der Waals surface area (Å²) in [6.07, 6.45) is 8.39. The van der Waals surface area contributed by atoms with Crippen LogP contribution in [0.4, 0.5) is 0 Å². The molecule has 0 atom stereocenters. The molecule has 0 heterocycles. The zero-order valence-electron chi connectivity index (χ0n) is 11.4. The van der Waals surface area contributed by atoms with Crippen LogP contribution in [0.25, 0.3) is 0 Å². The Morgan fingerprint density at radius 2 is 1.47 bits per heavy atom. The lowest BCUT2D eigenvalue weighted by molar-refractivity contribution is -0.119. The molecule has 0 aliphatic heterocycles. The van der Waals surface area contributed by atoms with E-state index < -0.39 is 0 Å². The summed E-state index contributed by atoms with van der Waals surface area (Å²) in [4.78, 5) is 23.5. The molecule has 0 aromatic heterocycles. The van der Waals surface area contributed by atoms with E-state index >= 15 is 0 Å². The first-order chi connectivity index (χ1) is 7.72. The number of isocyanates is 1. The topological polar surface area (TPSA) is 78.0 Å². The molecule has 0 unspecified atom stereocenters. The third-order valence-electron chi connectivity index (χ3n) is 2.02. The highest BCUT2D eigenvalue weighted by Gasteiger charge is 1.98. The molecule has 0 bridgehead atoms. The second-order valence-electron chi connectivity index (χ2n) is 3.72. The summed E-state index contributed by atoms with van der Waals surface area (Å²) in [5, 5.41) is 0. The van der Waals surface area contributed by atoms with Crippen LogP contribution in [0.2, 0.25) is 0 Å². The van der Waals surface area contributed by atoms with Gasteiger partial charge in [0.05, 0.1) is 6.54 Å². The molecule has 0 aliphatic carbocycles. The summed E-state index contributed by atoms with van der Waals surface area (Å²) >= 11 is 0. The SMILES string of the molecule is CCCCC(=O)CCCC.CCCN=C=O.O. The molecule has 0 saturated carbocycles. The van der Waals surface area contributed by atoms with Crippen molar-refractivity contribution in [2.75, 3.05) is 6.54 Å². The van der Waals surface area contributed by atoms with Crippen molar-refractivity contribution in [1.29, 1.82) is 0 Å². The fraction of sp³-hybridized carbons (Fsp3) is 0.846. The number of aliphatic imine (C=N–C) groups is 1. The van der Waals surface area contributed by atoms with E-state index in [2.05, 4.69) is 18.8 Å². The predicted molar refractivity (Wildman–Crippen MR) is 71.0 cm³/mol. The lowest BCUT2D eigenvalue weighted by Gasteiger charge is -1.96. The van der Waals surface area contributed by atoms with Crippen molar-refractivity contribution in [2.45, 2.75) is 65.7 Å². The highest BCUT2D eigenvalue weighted by molar-refractivity contribution is 5.78. The van der Waals surface area contributed by atoms with Gasteiger partial charge in [0.15, 0.2) is 0 Å². The van der Waals surface area contributed by atoms with Crippen LogP contribution in [0.1, 0.15) is 65.7 Å². The Hall–Kier alpha value is -0.990. The molecule has 0 aliphatic rings. The van der Waals surface area contributed by atoms with Gasteiger partial charge in [0.1, 0.15) is 5.78 Å². The first-order valence-electron chi connectivity index (χ1n) is 6.28. The predicted octanol–water partition coefficient (Wildman–Crippen LogP) is 2.84. The Morgan fingerprint density at radius 3 is 1.71 bits per heavy atom. The van der Waals surface area contributed by atoms with E-state index in [9.17, 15) is 9.59 Å². The highest BCUT2D eigenvalue weighted by Crippen LogP contribution is 2.02. The number of ketones is 1. The van der Waals surface area contributed by atoms with Crippen molar-refractivity contribution in [3.8, 4) is 0 Å². The van der Waals surface area contributed by atoms with Crippen LogP contribution in [0.5, 0.6) is 0 Å². The van der Waals surface area contributed by atoms with Gasteiger partial charge in [-0.25, -0.2) is 9.79 Å². The maximum absolute atomic E-state index is 11.0. The summed E-state index contributed by atoms with van der Waals surface area (Å²) in [7, 11) is 0. The minimum Gasteiger partial charge on any atom is -0.412 e. The van der Waals surface area contributed by atoms with Crippen LogP contribution in [-0.2, 0) is 9.59 Å². The lowest BCUT2D eigenvalue weighted by Crippen LogP contribution is -1.96. The molecular formula is C13H27NO3. The van der Waals surface area contributed by atoms with Gasteiger partial charge in [-0.05, 0) is 19.3 Å². The highest BCUT2D eigenvalue weighted by atomic mass is 16.1. The van der Waals surface area contributed by atoms with Gasteiger partial charge in [-0.15, -0.1) is 0 Å². The Labute approximate surface area is 105 Å². The minimum absolute atomic E-state index is 0. The molecule has 0 radical (unpaired) electrons. The van der Waals surface area contributed by atoms with Gasteiger partial charge >= 0.3 is 0 Å². The van der Waals surface area contributed by atoms with Crippen LogP contribution in [0, 0.1) is 0 Å². The summed E-state index contributed by atoms with van der Waals surface area (Å²) in [6, 6.07) is 0. The average Bonchev–Trinajstić information content (AvgIpc) is 2.32. The third kappa shape index (κ3) is 25.4. The van der Waals surface area contributed by atoms with Crippen molar-refractivity contribution in [3.05, 3.63) is 0 Å². The zero-order valence-corrected chi connectivity index (χ0v) is 11.4. The van der Waals surface area contributed by atoms with Gasteiger partial charge in [-0.1, -0.05) is 33.6 Å². The molecule has 4 heteroatoms. The number of hydrogen-bond donors (Lipinski definition) is 0. The maximum Gasteiger partial charge on any atom is 0.234 e. The lowest BCUT2D eigenvalue weighted by atomic mass is 10.1. The fourth-order valence-electron chi connectivity index (χ4n) is 1.03. The summed E-state index contributed by atoms with van der Waals surface area (Å²) in [5.74, 6) is 0.448. The van der Waals surface area contributed by atoms with Crippen molar-refractivity contribution >= 4 is 11.9 Å². The Kier molecular flexibility index (Phi) is 25.6. The first kappa shape index (κ1) is 21.3. The van der Waals surface area contributed by atoms with Gasteiger partial charge in [-0.2, -0.15) is 0 Å². The van der Waals surface area contributed by atoms with Crippen molar-refractivity contribution in [2.24, 2.45) is 4.99 Å². The standard InChI is InChI=1S/C9H18O.C4H7NO.H2O/c1-3-5-7-9(10)8-6-4-2;1-2-3-5-4-6;/h3-8H2,1-2H3;2-3H2,1H3;1H2. The number of carbonyl (C=O) groups excluding carboxylic acids is 2. The van der Waals surface area contributed by atoms with E-state index in [4.69, 9.17) is 0 Å². The zero-order chi connectivity index (χ0) is 12.6. The molecule has 0 rings (SSSR count). The molecule has 4 nitrogen and oxygen atoms in total. The fourth-order valence-corrected chi connectivity index (χ4v) is 1.03. The molecule has 0 amide bonds. The van der Waals surface area contributed by atoms with Gasteiger partial charge < -0.3 is 5.48 Å². The quantitative estimate of drug-likeness (QED) is 0.487. The molecule has 0 saturated heterocycles. The van der Waals surface area contributed by atoms with Crippen LogP contribution in [-0.4, -0.2) is 23.9 Å². The largest absolute Gasteiger partial charge is 0.412 e. The molecule has 102 valence electrons. The van der Waals surface area contributed by atoms with Gasteiger partial charge in [0.2, 0.25) is 6.08 Å².